The zero-order valence-corrected chi connectivity index (χ0v) is 30.1. The molecule has 0 saturated carbocycles. The molecule has 9 nitrogen and oxygen atoms in total. The van der Waals surface area contributed by atoms with Gasteiger partial charge >= 0.3 is 0 Å². The zero-order chi connectivity index (χ0) is 34.5. The molecule has 7 rings (SSSR count). The summed E-state index contributed by atoms with van der Waals surface area (Å²) in [4.78, 5) is 23.4. The van der Waals surface area contributed by atoms with Crippen molar-refractivity contribution in [3.05, 3.63) is 107 Å². The summed E-state index contributed by atoms with van der Waals surface area (Å²) in [5, 5.41) is 9.86. The molecule has 2 aromatic carbocycles. The van der Waals surface area contributed by atoms with Gasteiger partial charge in [-0.3, -0.25) is 19.8 Å². The van der Waals surface area contributed by atoms with E-state index in [-0.39, 0.29) is 0 Å². The Morgan fingerprint density at radius 3 is 1.90 bits per heavy atom. The number of pyridine rings is 4. The smallest absolute Gasteiger partial charge is 0.156 e. The minimum Gasteiger partial charge on any atom is -0.337 e. The van der Waals surface area contributed by atoms with E-state index in [9.17, 15) is 4.55 Å². The number of nitrogens with zero attached hydrogens (tertiary/aromatic N) is 6. The predicted octanol–water partition coefficient (Wildman–Crippen LogP) is 10.0. The van der Waals surface area contributed by atoms with E-state index in [1.165, 1.54) is 18.4 Å². The Labute approximate surface area is 306 Å². The fraction of sp³-hybridized carbons (Fsp3) is 0.263. The number of fused-ring (bicyclic) bond motifs is 2. The molecule has 1 aliphatic heterocycles. The number of benzene rings is 2. The molecule has 1 saturated heterocycles. The summed E-state index contributed by atoms with van der Waals surface area (Å²) >= 11 is 15.0. The number of hydrogen-bond donors (Lipinski definition) is 3. The molecule has 5 heterocycles. The Morgan fingerprint density at radius 2 is 1.34 bits per heavy atom. The first kappa shape index (κ1) is 34.4. The summed E-state index contributed by atoms with van der Waals surface area (Å²) in [5.74, 6) is 1.78. The molecule has 256 valence electrons. The molecule has 0 amide bonds. The Bertz CT molecular complexity index is 2120. The molecule has 0 unspecified atom stereocenters. The number of nitrogens with one attached hydrogen (secondary N) is 2. The Hall–Kier alpha value is -4.03. The van der Waals surface area contributed by atoms with Crippen LogP contribution in [0.15, 0.2) is 85.5 Å². The van der Waals surface area contributed by atoms with Crippen LogP contribution in [0.5, 0.6) is 0 Å². The fourth-order valence-electron chi connectivity index (χ4n) is 6.54. The predicted molar refractivity (Wildman–Crippen MR) is 208 cm³/mol. The standard InChI is InChI=1S/C38H38Cl2N8OS/c1-2-15-48(24-50-49)23-26-19-28-12-14-42-38(36(28)44-21-26)46-32-10-6-8-30(34(32)40)29-7-5-9-31(33(29)39)45-37-35-27(11-13-41-37)18-25(20-43-35)22-47-16-3-4-17-47/h5-14,18-21,49H,2-4,15-17,22-24H2,1H3,(H,41,45)(H,42,46). The van der Waals surface area contributed by atoms with Crippen LogP contribution in [0.2, 0.25) is 10.0 Å². The fourth-order valence-corrected chi connectivity index (χ4v) is 7.47. The van der Waals surface area contributed by atoms with Gasteiger partial charge in [-0.1, -0.05) is 54.4 Å². The van der Waals surface area contributed by atoms with E-state index in [0.717, 1.165) is 83.1 Å². The average molecular weight is 726 g/mol. The zero-order valence-electron chi connectivity index (χ0n) is 27.7. The highest BCUT2D eigenvalue weighted by atomic mass is 35.5. The van der Waals surface area contributed by atoms with Crippen LogP contribution in [0.3, 0.4) is 0 Å². The Morgan fingerprint density at radius 1 is 0.780 bits per heavy atom. The van der Waals surface area contributed by atoms with E-state index in [4.69, 9.17) is 33.2 Å². The summed E-state index contributed by atoms with van der Waals surface area (Å²) in [6, 6.07) is 19.9. The highest BCUT2D eigenvalue weighted by Crippen LogP contribution is 2.42. The maximum Gasteiger partial charge on any atom is 0.156 e. The van der Waals surface area contributed by atoms with E-state index in [0.29, 0.717) is 45.5 Å². The minimum absolute atomic E-state index is 0.508. The molecule has 6 aromatic rings. The van der Waals surface area contributed by atoms with E-state index in [2.05, 4.69) is 49.5 Å². The van der Waals surface area contributed by atoms with Crippen LogP contribution in [-0.4, -0.2) is 59.8 Å². The number of rotatable bonds is 13. The molecule has 0 atom stereocenters. The lowest BCUT2D eigenvalue weighted by molar-refractivity contribution is 0.310. The SMILES string of the molecule is CCCN(CSO)Cc1cnc2c(Nc3cccc(-c4cccc(Nc5nccc6cc(CN7CCCC7)cnc56)c4Cl)c3Cl)nccc2c1. The first-order valence-electron chi connectivity index (χ1n) is 16.8. The molecule has 0 bridgehead atoms. The lowest BCUT2D eigenvalue weighted by atomic mass is 10.0. The third kappa shape index (κ3) is 7.66. The number of aromatic nitrogens is 4. The molecule has 0 spiro atoms. The molecular formula is C38H38Cl2N8OS. The summed E-state index contributed by atoms with van der Waals surface area (Å²) in [7, 11) is 0. The normalized spacial score (nSPS) is 13.5. The summed E-state index contributed by atoms with van der Waals surface area (Å²) in [6.45, 7) is 6.91. The van der Waals surface area contributed by atoms with E-state index in [1.54, 1.807) is 12.4 Å². The van der Waals surface area contributed by atoms with Gasteiger partial charge in [0.2, 0.25) is 0 Å². The Balaban J connectivity index is 1.13. The number of anilines is 4. The monoisotopic (exact) mass is 724 g/mol. The van der Waals surface area contributed by atoms with Gasteiger partial charge in [0.15, 0.2) is 11.6 Å². The van der Waals surface area contributed by atoms with Crippen molar-refractivity contribution in [3.63, 3.8) is 0 Å². The molecule has 0 radical (unpaired) electrons. The number of likely N-dealkylation sites (tertiary alicyclic amines) is 1. The van der Waals surface area contributed by atoms with Crippen molar-refractivity contribution in [2.24, 2.45) is 0 Å². The second kappa shape index (κ2) is 15.9. The molecule has 12 heteroatoms. The van der Waals surface area contributed by atoms with Gasteiger partial charge in [0, 0.05) is 71.8 Å². The maximum atomic E-state index is 9.39. The van der Waals surface area contributed by atoms with Gasteiger partial charge in [-0.15, -0.1) is 0 Å². The first-order valence-corrected chi connectivity index (χ1v) is 18.5. The van der Waals surface area contributed by atoms with Gasteiger partial charge in [0.05, 0.1) is 27.3 Å². The lowest BCUT2D eigenvalue weighted by Gasteiger charge is -2.20. The van der Waals surface area contributed by atoms with Crippen molar-refractivity contribution in [1.29, 1.82) is 0 Å². The van der Waals surface area contributed by atoms with Crippen molar-refractivity contribution in [3.8, 4) is 11.1 Å². The molecule has 1 fully saturated rings. The van der Waals surface area contributed by atoms with Crippen molar-refractivity contribution in [1.82, 2.24) is 29.7 Å². The lowest BCUT2D eigenvalue weighted by Crippen LogP contribution is -2.23. The van der Waals surface area contributed by atoms with Crippen molar-refractivity contribution >= 4 is 80.1 Å². The van der Waals surface area contributed by atoms with Crippen molar-refractivity contribution in [2.45, 2.75) is 39.3 Å². The second-order valence-corrected chi connectivity index (χ2v) is 13.8. The van der Waals surface area contributed by atoms with Crippen LogP contribution >= 0.6 is 35.2 Å². The van der Waals surface area contributed by atoms with Crippen LogP contribution < -0.4 is 10.6 Å². The third-order valence-corrected chi connectivity index (χ3v) is 10.2. The highest BCUT2D eigenvalue weighted by molar-refractivity contribution is 7.93. The van der Waals surface area contributed by atoms with Crippen LogP contribution in [-0.2, 0) is 13.1 Å². The third-order valence-electron chi connectivity index (χ3n) is 8.90. The van der Waals surface area contributed by atoms with E-state index in [1.807, 2.05) is 60.9 Å². The van der Waals surface area contributed by atoms with Gasteiger partial charge < -0.3 is 15.2 Å². The summed E-state index contributed by atoms with van der Waals surface area (Å²) < 4.78 is 9.39. The number of halogens is 2. The quantitative estimate of drug-likeness (QED) is 0.0788. The molecule has 1 aliphatic rings. The van der Waals surface area contributed by atoms with E-state index < -0.39 is 0 Å². The van der Waals surface area contributed by atoms with Gasteiger partial charge in [-0.05, 0) is 86.4 Å². The molecule has 50 heavy (non-hydrogen) atoms. The van der Waals surface area contributed by atoms with Gasteiger partial charge in [0.25, 0.3) is 0 Å². The summed E-state index contributed by atoms with van der Waals surface area (Å²) in [6.07, 6.45) is 10.9. The minimum atomic E-state index is 0.508. The molecule has 4 aromatic heterocycles. The van der Waals surface area contributed by atoms with Crippen LogP contribution in [0.1, 0.15) is 37.3 Å². The Kier molecular flexibility index (Phi) is 10.9. The van der Waals surface area contributed by atoms with Gasteiger partial charge in [0.1, 0.15) is 11.0 Å². The van der Waals surface area contributed by atoms with Gasteiger partial charge in [-0.25, -0.2) is 9.97 Å². The second-order valence-electron chi connectivity index (χ2n) is 12.5. The molecule has 0 aliphatic carbocycles. The first-order chi connectivity index (χ1) is 24.5. The van der Waals surface area contributed by atoms with Crippen molar-refractivity contribution in [2.75, 3.05) is 36.1 Å². The van der Waals surface area contributed by atoms with Gasteiger partial charge in [-0.2, -0.15) is 0 Å². The van der Waals surface area contributed by atoms with Crippen LogP contribution in [0.4, 0.5) is 23.0 Å². The number of hydrogen-bond acceptors (Lipinski definition) is 10. The van der Waals surface area contributed by atoms with Crippen molar-refractivity contribution < 1.29 is 4.55 Å². The molecule has 3 N–H and O–H groups in total. The molecular weight excluding hydrogens is 687 g/mol. The largest absolute Gasteiger partial charge is 0.337 e. The average Bonchev–Trinajstić information content (AvgIpc) is 3.64. The summed E-state index contributed by atoms with van der Waals surface area (Å²) in [5.41, 5.74) is 6.72. The maximum absolute atomic E-state index is 9.39. The van der Waals surface area contributed by atoms with E-state index >= 15 is 0 Å². The topological polar surface area (TPSA) is 102 Å². The van der Waals surface area contributed by atoms with Crippen LogP contribution in [0, 0.1) is 0 Å². The highest BCUT2D eigenvalue weighted by Gasteiger charge is 2.17. The van der Waals surface area contributed by atoms with Crippen LogP contribution in [0.25, 0.3) is 32.9 Å².